The number of carbonyl (C=O) groups is 2. The van der Waals surface area contributed by atoms with Crippen LogP contribution in [0.4, 0.5) is 0 Å². The molecule has 0 aliphatic rings. The van der Waals surface area contributed by atoms with Crippen molar-refractivity contribution in [1.29, 1.82) is 0 Å². The van der Waals surface area contributed by atoms with Crippen molar-refractivity contribution in [3.05, 3.63) is 45.7 Å². The summed E-state index contributed by atoms with van der Waals surface area (Å²) in [5.41, 5.74) is 0.716. The van der Waals surface area contributed by atoms with E-state index >= 15 is 0 Å². The fourth-order valence-electron chi connectivity index (χ4n) is 2.45. The number of pyridine rings is 1. The zero-order chi connectivity index (χ0) is 20.7. The second-order valence-corrected chi connectivity index (χ2v) is 6.36. The van der Waals surface area contributed by atoms with Crippen LogP contribution >= 0.6 is 23.2 Å². The number of nitrogens with zero attached hydrogens (tertiary/aromatic N) is 1. The Labute approximate surface area is 172 Å². The highest BCUT2D eigenvalue weighted by molar-refractivity contribution is 6.36. The van der Waals surface area contributed by atoms with E-state index in [0.717, 1.165) is 0 Å². The largest absolute Gasteiger partial charge is 0.493 e. The van der Waals surface area contributed by atoms with Crippen LogP contribution in [0.5, 0.6) is 17.2 Å². The molecule has 150 valence electrons. The fraction of sp³-hybridized carbons (Fsp3) is 0.316. The zero-order valence-electron chi connectivity index (χ0n) is 15.6. The van der Waals surface area contributed by atoms with Crippen molar-refractivity contribution < 1.29 is 28.5 Å². The van der Waals surface area contributed by atoms with E-state index in [-0.39, 0.29) is 42.5 Å². The first-order valence-electron chi connectivity index (χ1n) is 8.21. The number of hydrogen-bond acceptors (Lipinski definition) is 7. The van der Waals surface area contributed by atoms with E-state index in [2.05, 4.69) is 4.98 Å². The lowest BCUT2D eigenvalue weighted by molar-refractivity contribution is -0.141. The van der Waals surface area contributed by atoms with E-state index in [0.29, 0.717) is 21.4 Å². The number of rotatable bonds is 9. The summed E-state index contributed by atoms with van der Waals surface area (Å²) in [5, 5.41) is 0.581. The van der Waals surface area contributed by atoms with Crippen LogP contribution in [-0.2, 0) is 16.0 Å². The average Bonchev–Trinajstić information content (AvgIpc) is 2.67. The second-order valence-electron chi connectivity index (χ2n) is 5.55. The van der Waals surface area contributed by atoms with Gasteiger partial charge in [0.1, 0.15) is 13.2 Å². The molecule has 0 saturated carbocycles. The molecule has 0 aliphatic carbocycles. The van der Waals surface area contributed by atoms with Crippen molar-refractivity contribution >= 4 is 35.0 Å². The molecule has 0 amide bonds. The number of aromatic nitrogens is 1. The summed E-state index contributed by atoms with van der Waals surface area (Å²) < 4.78 is 21.2. The minimum absolute atomic E-state index is 0.0192. The predicted molar refractivity (Wildman–Crippen MR) is 104 cm³/mol. The van der Waals surface area contributed by atoms with Gasteiger partial charge in [0.25, 0.3) is 0 Å². The zero-order valence-corrected chi connectivity index (χ0v) is 17.1. The van der Waals surface area contributed by atoms with Gasteiger partial charge in [0.15, 0.2) is 17.3 Å². The van der Waals surface area contributed by atoms with Crippen molar-refractivity contribution in [1.82, 2.24) is 4.98 Å². The number of ether oxygens (including phenoxy) is 4. The van der Waals surface area contributed by atoms with Crippen LogP contribution in [0.15, 0.2) is 24.5 Å². The molecule has 28 heavy (non-hydrogen) atoms. The Hall–Kier alpha value is -2.51. The lowest BCUT2D eigenvalue weighted by Gasteiger charge is -2.17. The number of halogens is 2. The molecular weight excluding hydrogens is 409 g/mol. The molecule has 1 aromatic carbocycles. The highest BCUT2D eigenvalue weighted by Crippen LogP contribution is 2.40. The molecule has 0 atom stereocenters. The van der Waals surface area contributed by atoms with Crippen molar-refractivity contribution in [2.45, 2.75) is 13.3 Å². The third-order valence-electron chi connectivity index (χ3n) is 3.73. The predicted octanol–water partition coefficient (Wildman–Crippen LogP) is 3.77. The van der Waals surface area contributed by atoms with Crippen molar-refractivity contribution in [2.24, 2.45) is 0 Å². The number of benzene rings is 1. The SMILES string of the molecule is COc1ccc(C(=O)Cc2c(Cl)cncc2Cl)c(OCCOC(C)=O)c1OC. The van der Waals surface area contributed by atoms with Gasteiger partial charge in [-0.3, -0.25) is 14.6 Å². The molecule has 9 heteroatoms. The molecule has 0 N–H and O–H groups in total. The van der Waals surface area contributed by atoms with Gasteiger partial charge in [-0.2, -0.15) is 0 Å². The molecule has 0 saturated heterocycles. The number of methoxy groups -OCH3 is 2. The molecule has 0 aliphatic heterocycles. The van der Waals surface area contributed by atoms with Crippen LogP contribution in [0.3, 0.4) is 0 Å². The molecule has 2 rings (SSSR count). The fourth-order valence-corrected chi connectivity index (χ4v) is 2.95. The van der Waals surface area contributed by atoms with Crippen molar-refractivity contribution in [3.8, 4) is 17.2 Å². The van der Waals surface area contributed by atoms with Gasteiger partial charge in [-0.05, 0) is 12.1 Å². The number of Topliss-reactive ketones (excluding diaryl/α,β-unsaturated/α-hetero) is 1. The van der Waals surface area contributed by atoms with Crippen molar-refractivity contribution in [2.75, 3.05) is 27.4 Å². The molecule has 2 aromatic rings. The van der Waals surface area contributed by atoms with Crippen LogP contribution in [-0.4, -0.2) is 44.2 Å². The number of carbonyl (C=O) groups excluding carboxylic acids is 2. The summed E-state index contributed by atoms with van der Waals surface area (Å²) in [5.74, 6) is 0.0998. The highest BCUT2D eigenvalue weighted by atomic mass is 35.5. The number of esters is 1. The van der Waals surface area contributed by atoms with E-state index in [1.165, 1.54) is 33.5 Å². The first kappa shape index (κ1) is 21.8. The van der Waals surface area contributed by atoms with Gasteiger partial charge < -0.3 is 18.9 Å². The minimum Gasteiger partial charge on any atom is -0.493 e. The standard InChI is InChI=1S/C19H19Cl2NO6/c1-11(23)27-6-7-28-18-12(4-5-17(25-2)19(18)26-3)16(24)8-13-14(20)9-22-10-15(13)21/h4-5,9-10H,6-8H2,1-3H3. The maximum absolute atomic E-state index is 12.9. The summed E-state index contributed by atoms with van der Waals surface area (Å²) >= 11 is 12.2. The summed E-state index contributed by atoms with van der Waals surface area (Å²) in [6.07, 6.45) is 2.78. The van der Waals surface area contributed by atoms with Crippen molar-refractivity contribution in [3.63, 3.8) is 0 Å². The highest BCUT2D eigenvalue weighted by Gasteiger charge is 2.23. The van der Waals surface area contributed by atoms with Gasteiger partial charge in [0, 0.05) is 31.3 Å². The Morgan fingerprint density at radius 2 is 1.68 bits per heavy atom. The van der Waals surface area contributed by atoms with E-state index in [1.54, 1.807) is 12.1 Å². The van der Waals surface area contributed by atoms with Crippen LogP contribution in [0.1, 0.15) is 22.8 Å². The molecule has 0 unspecified atom stereocenters. The van der Waals surface area contributed by atoms with Gasteiger partial charge in [-0.1, -0.05) is 23.2 Å². The van der Waals surface area contributed by atoms with Crippen LogP contribution < -0.4 is 14.2 Å². The lowest BCUT2D eigenvalue weighted by atomic mass is 10.0. The smallest absolute Gasteiger partial charge is 0.302 e. The maximum atomic E-state index is 12.9. The first-order chi connectivity index (χ1) is 13.4. The van der Waals surface area contributed by atoms with E-state index < -0.39 is 5.97 Å². The van der Waals surface area contributed by atoms with E-state index in [9.17, 15) is 9.59 Å². The molecule has 0 radical (unpaired) electrons. The van der Waals surface area contributed by atoms with Gasteiger partial charge >= 0.3 is 5.97 Å². The molecule has 0 bridgehead atoms. The van der Waals surface area contributed by atoms with Gasteiger partial charge in [-0.25, -0.2) is 0 Å². The van der Waals surface area contributed by atoms with Crippen LogP contribution in [0, 0.1) is 0 Å². The molecule has 0 spiro atoms. The van der Waals surface area contributed by atoms with Crippen LogP contribution in [0.25, 0.3) is 0 Å². The maximum Gasteiger partial charge on any atom is 0.302 e. The summed E-state index contributed by atoms with van der Waals surface area (Å²) in [7, 11) is 2.90. The third-order valence-corrected chi connectivity index (χ3v) is 4.38. The topological polar surface area (TPSA) is 84.0 Å². The van der Waals surface area contributed by atoms with Gasteiger partial charge in [-0.15, -0.1) is 0 Å². The van der Waals surface area contributed by atoms with E-state index in [1.807, 2.05) is 0 Å². The Bertz CT molecular complexity index is 851. The average molecular weight is 428 g/mol. The minimum atomic E-state index is -0.431. The monoisotopic (exact) mass is 427 g/mol. The molecule has 1 heterocycles. The van der Waals surface area contributed by atoms with Gasteiger partial charge in [0.05, 0.1) is 29.8 Å². The Balaban J connectivity index is 2.35. The van der Waals surface area contributed by atoms with Gasteiger partial charge in [0.2, 0.25) is 5.75 Å². The Morgan fingerprint density at radius 1 is 1.00 bits per heavy atom. The van der Waals surface area contributed by atoms with Crippen LogP contribution in [0.2, 0.25) is 10.0 Å². The number of ketones is 1. The lowest BCUT2D eigenvalue weighted by Crippen LogP contribution is -2.14. The Kier molecular flexibility index (Phi) is 7.90. The molecule has 7 nitrogen and oxygen atoms in total. The second kappa shape index (κ2) is 10.1. The quantitative estimate of drug-likeness (QED) is 0.342. The molecule has 0 fully saturated rings. The molecular formula is C19H19Cl2NO6. The number of hydrogen-bond donors (Lipinski definition) is 0. The Morgan fingerprint density at radius 3 is 2.25 bits per heavy atom. The summed E-state index contributed by atoms with van der Waals surface area (Å²) in [4.78, 5) is 27.7. The summed E-state index contributed by atoms with van der Waals surface area (Å²) in [6.45, 7) is 1.34. The first-order valence-corrected chi connectivity index (χ1v) is 8.96. The molecule has 1 aromatic heterocycles. The van der Waals surface area contributed by atoms with E-state index in [4.69, 9.17) is 42.1 Å². The third kappa shape index (κ3) is 5.27. The normalized spacial score (nSPS) is 10.3. The summed E-state index contributed by atoms with van der Waals surface area (Å²) in [6, 6.07) is 3.16.